The van der Waals surface area contributed by atoms with E-state index in [1.54, 1.807) is 6.92 Å². The number of aliphatic hydroxyl groups excluding tert-OH is 1. The predicted octanol–water partition coefficient (Wildman–Crippen LogP) is 3.36. The van der Waals surface area contributed by atoms with Crippen molar-refractivity contribution in [3.8, 4) is 0 Å². The van der Waals surface area contributed by atoms with Gasteiger partial charge in [-0.1, -0.05) is 32.0 Å². The van der Waals surface area contributed by atoms with Crippen LogP contribution in [0.5, 0.6) is 0 Å². The highest BCUT2D eigenvalue weighted by Crippen LogP contribution is 2.44. The predicted molar refractivity (Wildman–Crippen MR) is 78.3 cm³/mol. The second-order valence-electron chi connectivity index (χ2n) is 5.96. The van der Waals surface area contributed by atoms with Crippen molar-refractivity contribution in [2.45, 2.75) is 52.4 Å². The quantitative estimate of drug-likeness (QED) is 0.856. The van der Waals surface area contributed by atoms with Gasteiger partial charge in [0.15, 0.2) is 0 Å². The van der Waals surface area contributed by atoms with Crippen LogP contribution in [0, 0.1) is 5.41 Å². The van der Waals surface area contributed by atoms with Gasteiger partial charge in [-0.05, 0) is 26.3 Å². The molecule has 1 aromatic rings. The Bertz CT molecular complexity index is 429. The highest BCUT2D eigenvalue weighted by Gasteiger charge is 2.49. The highest BCUT2D eigenvalue weighted by atomic mass is 16.5. The van der Waals surface area contributed by atoms with Crippen molar-refractivity contribution in [2.24, 2.45) is 5.41 Å². The Balaban J connectivity index is 2.07. The molecule has 0 spiro atoms. The van der Waals surface area contributed by atoms with Crippen LogP contribution in [-0.2, 0) is 4.74 Å². The van der Waals surface area contributed by atoms with Gasteiger partial charge in [-0.15, -0.1) is 0 Å². The van der Waals surface area contributed by atoms with Gasteiger partial charge in [0, 0.05) is 29.3 Å². The minimum Gasteiger partial charge on any atom is -0.389 e. The third-order valence-corrected chi connectivity index (χ3v) is 4.29. The summed E-state index contributed by atoms with van der Waals surface area (Å²) in [4.78, 5) is 0. The molecule has 0 amide bonds. The molecular weight excluding hydrogens is 238 g/mol. The van der Waals surface area contributed by atoms with E-state index in [-0.39, 0.29) is 5.41 Å². The number of rotatable bonds is 5. The summed E-state index contributed by atoms with van der Waals surface area (Å²) in [5, 5.41) is 13.4. The molecular formula is C16H25NO2. The summed E-state index contributed by atoms with van der Waals surface area (Å²) in [6.45, 7) is 9.08. The topological polar surface area (TPSA) is 41.5 Å². The summed E-state index contributed by atoms with van der Waals surface area (Å²) >= 11 is 0. The van der Waals surface area contributed by atoms with Gasteiger partial charge < -0.3 is 15.2 Å². The molecule has 2 N–H and O–H groups in total. The van der Waals surface area contributed by atoms with Crippen LogP contribution in [-0.4, -0.2) is 23.9 Å². The molecule has 3 unspecified atom stereocenters. The zero-order valence-electron chi connectivity index (χ0n) is 12.3. The molecule has 2 rings (SSSR count). The van der Waals surface area contributed by atoms with Crippen LogP contribution < -0.4 is 5.32 Å². The van der Waals surface area contributed by atoms with E-state index < -0.39 is 6.10 Å². The first kappa shape index (κ1) is 14.4. The van der Waals surface area contributed by atoms with E-state index in [2.05, 4.69) is 19.2 Å². The molecule has 0 radical (unpaired) electrons. The van der Waals surface area contributed by atoms with Gasteiger partial charge >= 0.3 is 0 Å². The van der Waals surface area contributed by atoms with Crippen LogP contribution in [0.1, 0.15) is 45.8 Å². The number of nitrogens with one attached hydrogen (secondary N) is 1. The Morgan fingerprint density at radius 2 is 2.11 bits per heavy atom. The maximum absolute atomic E-state index is 9.81. The van der Waals surface area contributed by atoms with Crippen molar-refractivity contribution >= 4 is 5.69 Å². The largest absolute Gasteiger partial charge is 0.389 e. The van der Waals surface area contributed by atoms with Crippen molar-refractivity contribution in [1.82, 2.24) is 0 Å². The van der Waals surface area contributed by atoms with Gasteiger partial charge in [0.2, 0.25) is 0 Å². The van der Waals surface area contributed by atoms with Crippen LogP contribution >= 0.6 is 0 Å². The first-order chi connectivity index (χ1) is 8.96. The van der Waals surface area contributed by atoms with Gasteiger partial charge in [-0.3, -0.25) is 0 Å². The SMILES string of the molecule is CCOC1CC(Nc2ccccc2C(C)O)C1(C)C. The third-order valence-electron chi connectivity index (χ3n) is 4.29. The lowest BCUT2D eigenvalue weighted by Gasteiger charge is -2.52. The summed E-state index contributed by atoms with van der Waals surface area (Å²) in [6, 6.07) is 8.36. The number of ether oxygens (including phenoxy) is 1. The number of aliphatic hydroxyl groups is 1. The Morgan fingerprint density at radius 3 is 2.68 bits per heavy atom. The smallest absolute Gasteiger partial charge is 0.0781 e. The van der Waals surface area contributed by atoms with Crippen LogP contribution in [0.2, 0.25) is 0 Å². The lowest BCUT2D eigenvalue weighted by atomic mass is 9.64. The molecule has 1 aliphatic carbocycles. The van der Waals surface area contributed by atoms with Gasteiger partial charge in [0.1, 0.15) is 0 Å². The molecule has 0 saturated heterocycles. The minimum absolute atomic E-state index is 0.127. The van der Waals surface area contributed by atoms with E-state index in [9.17, 15) is 5.11 Å². The molecule has 3 nitrogen and oxygen atoms in total. The number of hydrogen-bond donors (Lipinski definition) is 2. The van der Waals surface area contributed by atoms with Crippen molar-refractivity contribution in [2.75, 3.05) is 11.9 Å². The third kappa shape index (κ3) is 2.77. The summed E-state index contributed by atoms with van der Waals surface area (Å²) < 4.78 is 5.75. The summed E-state index contributed by atoms with van der Waals surface area (Å²) in [5.41, 5.74) is 2.12. The van der Waals surface area contributed by atoms with Gasteiger partial charge in [-0.25, -0.2) is 0 Å². The van der Waals surface area contributed by atoms with E-state index in [1.165, 1.54) is 0 Å². The molecule has 106 valence electrons. The van der Waals surface area contributed by atoms with Gasteiger partial charge in [0.05, 0.1) is 12.2 Å². The number of anilines is 1. The minimum atomic E-state index is -0.449. The maximum atomic E-state index is 9.81. The van der Waals surface area contributed by atoms with E-state index in [1.807, 2.05) is 31.2 Å². The fraction of sp³-hybridized carbons (Fsp3) is 0.625. The van der Waals surface area contributed by atoms with E-state index in [0.29, 0.717) is 12.1 Å². The first-order valence-corrected chi connectivity index (χ1v) is 7.12. The number of hydrogen-bond acceptors (Lipinski definition) is 3. The molecule has 0 aliphatic heterocycles. The highest BCUT2D eigenvalue weighted by molar-refractivity contribution is 5.53. The van der Waals surface area contributed by atoms with E-state index in [0.717, 1.165) is 24.3 Å². The monoisotopic (exact) mass is 263 g/mol. The fourth-order valence-electron chi connectivity index (χ4n) is 2.79. The van der Waals surface area contributed by atoms with E-state index in [4.69, 9.17) is 4.74 Å². The molecule has 1 saturated carbocycles. The Labute approximate surface area is 116 Å². The number of para-hydroxylation sites is 1. The molecule has 19 heavy (non-hydrogen) atoms. The number of benzene rings is 1. The molecule has 0 bridgehead atoms. The van der Waals surface area contributed by atoms with Crippen LogP contribution in [0.3, 0.4) is 0 Å². The standard InChI is InChI=1S/C16H25NO2/c1-5-19-15-10-14(16(15,3)4)17-13-9-7-6-8-12(13)11(2)18/h6-9,11,14-15,17-18H,5,10H2,1-4H3. The molecule has 3 atom stereocenters. The Kier molecular flexibility index (Phi) is 4.16. The van der Waals surface area contributed by atoms with Gasteiger partial charge in [-0.2, -0.15) is 0 Å². The van der Waals surface area contributed by atoms with Crippen molar-refractivity contribution in [3.05, 3.63) is 29.8 Å². The molecule has 0 heterocycles. The van der Waals surface area contributed by atoms with Crippen molar-refractivity contribution in [3.63, 3.8) is 0 Å². The lowest BCUT2D eigenvalue weighted by molar-refractivity contribution is -0.0976. The second kappa shape index (κ2) is 5.51. The first-order valence-electron chi connectivity index (χ1n) is 7.12. The molecule has 1 aromatic carbocycles. The van der Waals surface area contributed by atoms with Crippen LogP contribution in [0.4, 0.5) is 5.69 Å². The Morgan fingerprint density at radius 1 is 1.42 bits per heavy atom. The fourth-order valence-corrected chi connectivity index (χ4v) is 2.79. The lowest BCUT2D eigenvalue weighted by Crippen LogP contribution is -2.58. The summed E-state index contributed by atoms with van der Waals surface area (Å²) in [5.74, 6) is 0. The average molecular weight is 263 g/mol. The maximum Gasteiger partial charge on any atom is 0.0781 e. The van der Waals surface area contributed by atoms with Crippen LogP contribution in [0.25, 0.3) is 0 Å². The average Bonchev–Trinajstić information content (AvgIpc) is 2.38. The summed E-state index contributed by atoms with van der Waals surface area (Å²) in [6.07, 6.45) is 0.901. The van der Waals surface area contributed by atoms with Gasteiger partial charge in [0.25, 0.3) is 0 Å². The second-order valence-corrected chi connectivity index (χ2v) is 5.96. The summed E-state index contributed by atoms with van der Waals surface area (Å²) in [7, 11) is 0. The molecule has 1 aliphatic rings. The van der Waals surface area contributed by atoms with Crippen molar-refractivity contribution < 1.29 is 9.84 Å². The zero-order chi connectivity index (χ0) is 14.0. The van der Waals surface area contributed by atoms with E-state index >= 15 is 0 Å². The molecule has 0 aromatic heterocycles. The van der Waals surface area contributed by atoms with Crippen LogP contribution in [0.15, 0.2) is 24.3 Å². The molecule has 1 fully saturated rings. The zero-order valence-corrected chi connectivity index (χ0v) is 12.3. The Hall–Kier alpha value is -1.06. The van der Waals surface area contributed by atoms with Crippen molar-refractivity contribution in [1.29, 1.82) is 0 Å². The molecule has 3 heteroatoms. The normalized spacial score (nSPS) is 26.6.